The first-order valence-electron chi connectivity index (χ1n) is 4.16. The Morgan fingerprint density at radius 1 is 1.50 bits per heavy atom. The lowest BCUT2D eigenvalue weighted by Gasteiger charge is -1.90. The molecule has 1 atom stereocenters. The summed E-state index contributed by atoms with van der Waals surface area (Å²) >= 11 is 1.69. The maximum Gasteiger partial charge on any atom is 0.0916 e. The van der Waals surface area contributed by atoms with Gasteiger partial charge in [-0.15, -0.1) is 11.3 Å². The van der Waals surface area contributed by atoms with Crippen LogP contribution in [0.5, 0.6) is 0 Å². The van der Waals surface area contributed by atoms with Gasteiger partial charge in [-0.3, -0.25) is 4.21 Å². The monoisotopic (exact) mass is 202 g/mol. The van der Waals surface area contributed by atoms with Crippen LogP contribution in [0.3, 0.4) is 0 Å². The summed E-state index contributed by atoms with van der Waals surface area (Å²) in [4.78, 5) is 1.37. The Hall–Kier alpha value is -0.150. The number of aryl methyl sites for hydroxylation is 2. The molecular formula is C9H14OS2. The van der Waals surface area contributed by atoms with Crippen molar-refractivity contribution in [2.45, 2.75) is 31.4 Å². The highest BCUT2D eigenvalue weighted by molar-refractivity contribution is 7.87. The molecule has 0 amide bonds. The van der Waals surface area contributed by atoms with Gasteiger partial charge in [-0.05, 0) is 25.0 Å². The summed E-state index contributed by atoms with van der Waals surface area (Å²) < 4.78 is 12.5. The maximum absolute atomic E-state index is 11.4. The standard InChI is InChI=1S/C9H14OS2/c1-4-8-7(3)6-9(11-8)12(10)5-2/h6H,4-5H2,1-3H3. The molecule has 0 fully saturated rings. The van der Waals surface area contributed by atoms with Crippen LogP contribution in [0.15, 0.2) is 10.3 Å². The second kappa shape index (κ2) is 4.19. The first-order chi connectivity index (χ1) is 5.69. The van der Waals surface area contributed by atoms with Crippen LogP contribution in [0.25, 0.3) is 0 Å². The Bertz CT molecular complexity index is 289. The molecule has 0 bridgehead atoms. The van der Waals surface area contributed by atoms with E-state index in [1.54, 1.807) is 11.3 Å². The molecule has 1 rings (SSSR count). The van der Waals surface area contributed by atoms with Crippen molar-refractivity contribution in [3.8, 4) is 0 Å². The summed E-state index contributed by atoms with van der Waals surface area (Å²) in [5.74, 6) is 0.725. The molecule has 0 aliphatic heterocycles. The van der Waals surface area contributed by atoms with Crippen molar-refractivity contribution in [3.63, 3.8) is 0 Å². The van der Waals surface area contributed by atoms with E-state index in [-0.39, 0.29) is 0 Å². The van der Waals surface area contributed by atoms with Crippen molar-refractivity contribution in [1.29, 1.82) is 0 Å². The summed E-state index contributed by atoms with van der Waals surface area (Å²) in [6.07, 6.45) is 1.05. The van der Waals surface area contributed by atoms with E-state index >= 15 is 0 Å². The highest BCUT2D eigenvalue weighted by Crippen LogP contribution is 2.25. The van der Waals surface area contributed by atoms with Gasteiger partial charge in [0.05, 0.1) is 15.0 Å². The van der Waals surface area contributed by atoms with E-state index < -0.39 is 10.8 Å². The fourth-order valence-electron chi connectivity index (χ4n) is 1.09. The van der Waals surface area contributed by atoms with Crippen molar-refractivity contribution in [1.82, 2.24) is 0 Å². The zero-order valence-corrected chi connectivity index (χ0v) is 9.35. The van der Waals surface area contributed by atoms with Crippen LogP contribution in [0.4, 0.5) is 0 Å². The van der Waals surface area contributed by atoms with Crippen LogP contribution < -0.4 is 0 Å². The minimum Gasteiger partial charge on any atom is -0.254 e. The SMILES string of the molecule is CCc1sc(S(=O)CC)cc1C. The van der Waals surface area contributed by atoms with Gasteiger partial charge in [0, 0.05) is 10.6 Å². The molecule has 1 nitrogen and oxygen atoms in total. The molecule has 3 heteroatoms. The first-order valence-corrected chi connectivity index (χ1v) is 6.30. The molecule has 1 aromatic heterocycles. The second-order valence-electron chi connectivity index (χ2n) is 2.66. The molecular weight excluding hydrogens is 188 g/mol. The average molecular weight is 202 g/mol. The highest BCUT2D eigenvalue weighted by atomic mass is 32.2. The number of rotatable bonds is 3. The van der Waals surface area contributed by atoms with E-state index in [9.17, 15) is 4.21 Å². The van der Waals surface area contributed by atoms with Crippen molar-refractivity contribution < 1.29 is 4.21 Å². The molecule has 1 heterocycles. The predicted molar refractivity (Wildman–Crippen MR) is 55.4 cm³/mol. The number of thiophene rings is 1. The second-order valence-corrected chi connectivity index (χ2v) is 5.76. The Labute approximate surface area is 80.3 Å². The lowest BCUT2D eigenvalue weighted by atomic mass is 10.2. The molecule has 12 heavy (non-hydrogen) atoms. The van der Waals surface area contributed by atoms with Crippen LogP contribution in [-0.4, -0.2) is 9.96 Å². The van der Waals surface area contributed by atoms with Gasteiger partial charge in [0.15, 0.2) is 0 Å². The molecule has 68 valence electrons. The van der Waals surface area contributed by atoms with Crippen LogP contribution in [0, 0.1) is 6.92 Å². The first kappa shape index (κ1) is 9.93. The average Bonchev–Trinajstić information content (AvgIpc) is 2.45. The Morgan fingerprint density at radius 2 is 2.17 bits per heavy atom. The number of hydrogen-bond acceptors (Lipinski definition) is 2. The summed E-state index contributed by atoms with van der Waals surface area (Å²) in [7, 11) is -0.763. The molecule has 0 aromatic carbocycles. The smallest absolute Gasteiger partial charge is 0.0916 e. The summed E-state index contributed by atoms with van der Waals surface area (Å²) in [5, 5.41) is 0. The van der Waals surface area contributed by atoms with E-state index in [1.807, 2.05) is 6.92 Å². The predicted octanol–water partition coefficient (Wildman–Crippen LogP) is 2.75. The van der Waals surface area contributed by atoms with E-state index in [2.05, 4.69) is 19.9 Å². The van der Waals surface area contributed by atoms with Gasteiger partial charge in [-0.1, -0.05) is 13.8 Å². The molecule has 0 spiro atoms. The van der Waals surface area contributed by atoms with Gasteiger partial charge >= 0.3 is 0 Å². The van der Waals surface area contributed by atoms with Crippen LogP contribution in [0.1, 0.15) is 24.3 Å². The van der Waals surface area contributed by atoms with Gasteiger partial charge in [0.2, 0.25) is 0 Å². The third kappa shape index (κ3) is 1.96. The molecule has 1 unspecified atom stereocenters. The zero-order chi connectivity index (χ0) is 9.14. The minimum atomic E-state index is -0.763. The van der Waals surface area contributed by atoms with Crippen LogP contribution >= 0.6 is 11.3 Å². The molecule has 0 aliphatic carbocycles. The van der Waals surface area contributed by atoms with Crippen LogP contribution in [-0.2, 0) is 17.2 Å². The largest absolute Gasteiger partial charge is 0.254 e. The fourth-order valence-corrected chi connectivity index (χ4v) is 3.56. The molecule has 0 aliphatic rings. The fraction of sp³-hybridized carbons (Fsp3) is 0.556. The van der Waals surface area contributed by atoms with Gasteiger partial charge < -0.3 is 0 Å². The van der Waals surface area contributed by atoms with E-state index in [1.165, 1.54) is 10.4 Å². The lowest BCUT2D eigenvalue weighted by molar-refractivity contribution is 0.685. The normalized spacial score (nSPS) is 13.2. The van der Waals surface area contributed by atoms with Gasteiger partial charge in [-0.2, -0.15) is 0 Å². The van der Waals surface area contributed by atoms with Crippen LogP contribution in [0.2, 0.25) is 0 Å². The molecule has 0 N–H and O–H groups in total. The Kier molecular flexibility index (Phi) is 3.47. The third-order valence-corrected chi connectivity index (χ3v) is 4.88. The molecule has 0 saturated heterocycles. The van der Waals surface area contributed by atoms with Crippen molar-refractivity contribution in [2.75, 3.05) is 5.75 Å². The summed E-state index contributed by atoms with van der Waals surface area (Å²) in [5.41, 5.74) is 1.29. The molecule has 0 radical (unpaired) electrons. The topological polar surface area (TPSA) is 17.1 Å². The highest BCUT2D eigenvalue weighted by Gasteiger charge is 2.07. The van der Waals surface area contributed by atoms with Crippen molar-refractivity contribution in [2.24, 2.45) is 0 Å². The van der Waals surface area contributed by atoms with Crippen molar-refractivity contribution >= 4 is 22.1 Å². The quantitative estimate of drug-likeness (QED) is 0.736. The molecule has 0 saturated carbocycles. The zero-order valence-electron chi connectivity index (χ0n) is 7.72. The Morgan fingerprint density at radius 3 is 2.58 bits per heavy atom. The Balaban J connectivity index is 2.96. The molecule has 1 aromatic rings. The minimum absolute atomic E-state index is 0.725. The van der Waals surface area contributed by atoms with Crippen molar-refractivity contribution in [3.05, 3.63) is 16.5 Å². The van der Waals surface area contributed by atoms with E-state index in [4.69, 9.17) is 0 Å². The third-order valence-electron chi connectivity index (χ3n) is 1.81. The van der Waals surface area contributed by atoms with Gasteiger partial charge in [-0.25, -0.2) is 0 Å². The number of hydrogen-bond donors (Lipinski definition) is 0. The maximum atomic E-state index is 11.4. The summed E-state index contributed by atoms with van der Waals surface area (Å²) in [6.45, 7) is 6.18. The van der Waals surface area contributed by atoms with Gasteiger partial charge in [0.25, 0.3) is 0 Å². The van der Waals surface area contributed by atoms with Gasteiger partial charge in [0.1, 0.15) is 0 Å². The lowest BCUT2D eigenvalue weighted by Crippen LogP contribution is -1.88. The van der Waals surface area contributed by atoms with E-state index in [0.717, 1.165) is 16.4 Å². The summed E-state index contributed by atoms with van der Waals surface area (Å²) in [6, 6.07) is 2.06. The van der Waals surface area contributed by atoms with E-state index in [0.29, 0.717) is 0 Å².